The van der Waals surface area contributed by atoms with Crippen molar-refractivity contribution in [2.24, 2.45) is 13.0 Å². The second-order valence-corrected chi connectivity index (χ2v) is 11.4. The number of amides is 2. The van der Waals surface area contributed by atoms with E-state index >= 15 is 0 Å². The van der Waals surface area contributed by atoms with Gasteiger partial charge in [0.2, 0.25) is 5.91 Å². The number of thioether (sulfide) groups is 1. The maximum Gasteiger partial charge on any atom is 0.251 e. The van der Waals surface area contributed by atoms with Crippen LogP contribution < -0.4 is 10.6 Å². The molecular weight excluding hydrogens is 573 g/mol. The van der Waals surface area contributed by atoms with E-state index in [1.807, 2.05) is 68.8 Å². The van der Waals surface area contributed by atoms with E-state index < -0.39 is 0 Å². The fraction of sp³-hybridized carbons (Fsp3) is 0.385. The molecule has 0 aliphatic carbocycles. The summed E-state index contributed by atoms with van der Waals surface area (Å²) in [6, 6.07) is 13.2. The number of halogens is 1. The van der Waals surface area contributed by atoms with E-state index in [2.05, 4.69) is 63.3 Å². The molecule has 7 nitrogen and oxygen atoms in total. The van der Waals surface area contributed by atoms with E-state index in [9.17, 15) is 9.59 Å². The van der Waals surface area contributed by atoms with Crippen molar-refractivity contribution in [3.05, 3.63) is 68.5 Å². The number of nitrogens with zero attached hydrogens (tertiary/aromatic N) is 3. The lowest BCUT2D eigenvalue weighted by atomic mass is 10.0. The first-order valence-corrected chi connectivity index (χ1v) is 13.6. The fourth-order valence-corrected chi connectivity index (χ4v) is 4.86. The van der Waals surface area contributed by atoms with Crippen molar-refractivity contribution in [3.8, 4) is 0 Å². The molecule has 186 valence electrons. The Morgan fingerprint density at radius 2 is 1.74 bits per heavy atom. The normalized spacial score (nSPS) is 12.1. The lowest BCUT2D eigenvalue weighted by Gasteiger charge is -2.21. The van der Waals surface area contributed by atoms with Crippen molar-refractivity contribution < 1.29 is 9.59 Å². The van der Waals surface area contributed by atoms with Gasteiger partial charge in [-0.3, -0.25) is 9.59 Å². The Morgan fingerprint density at radius 1 is 1.06 bits per heavy atom. The van der Waals surface area contributed by atoms with E-state index in [-0.39, 0.29) is 29.5 Å². The van der Waals surface area contributed by atoms with Crippen LogP contribution in [0.5, 0.6) is 0 Å². The first kappa shape index (κ1) is 27.2. The summed E-state index contributed by atoms with van der Waals surface area (Å²) in [6.45, 7) is 10.3. The maximum atomic E-state index is 12.8. The number of hydrogen-bond acceptors (Lipinski definition) is 5. The van der Waals surface area contributed by atoms with Crippen LogP contribution in [0.15, 0.2) is 47.6 Å². The highest BCUT2D eigenvalue weighted by Crippen LogP contribution is 2.28. The van der Waals surface area contributed by atoms with Gasteiger partial charge in [0.25, 0.3) is 5.91 Å². The topological polar surface area (TPSA) is 88.9 Å². The zero-order valence-corrected chi connectivity index (χ0v) is 23.9. The van der Waals surface area contributed by atoms with Crippen molar-refractivity contribution in [1.29, 1.82) is 0 Å². The number of anilines is 1. The van der Waals surface area contributed by atoms with E-state index in [0.717, 1.165) is 20.4 Å². The Balaban J connectivity index is 1.68. The lowest BCUT2D eigenvalue weighted by Crippen LogP contribution is -2.33. The van der Waals surface area contributed by atoms with Crippen LogP contribution >= 0.6 is 34.4 Å². The minimum Gasteiger partial charge on any atom is -0.342 e. The minimum atomic E-state index is -0.315. The molecule has 0 saturated carbocycles. The number of benzene rings is 2. The zero-order chi connectivity index (χ0) is 25.7. The Kier molecular flexibility index (Phi) is 9.34. The Hall–Kier alpha value is -2.40. The average Bonchev–Trinajstić information content (AvgIpc) is 3.17. The summed E-state index contributed by atoms with van der Waals surface area (Å²) in [6.07, 6.45) is 0. The molecule has 0 saturated heterocycles. The molecule has 0 aliphatic rings. The number of aromatic nitrogens is 3. The number of hydrogen-bond donors (Lipinski definition) is 2. The van der Waals surface area contributed by atoms with Crippen LogP contribution in [0.3, 0.4) is 0 Å². The quantitative estimate of drug-likeness (QED) is 0.241. The zero-order valence-electron chi connectivity index (χ0n) is 20.9. The molecule has 3 rings (SSSR count). The third kappa shape index (κ3) is 7.07. The first-order valence-electron chi connectivity index (χ1n) is 11.6. The minimum absolute atomic E-state index is 0.101. The van der Waals surface area contributed by atoms with Crippen LogP contribution in [-0.2, 0) is 11.8 Å². The van der Waals surface area contributed by atoms with E-state index in [1.165, 1.54) is 11.8 Å². The second kappa shape index (κ2) is 12.0. The van der Waals surface area contributed by atoms with E-state index in [0.29, 0.717) is 22.5 Å². The molecule has 35 heavy (non-hydrogen) atoms. The predicted octanol–water partition coefficient (Wildman–Crippen LogP) is 5.71. The Bertz CT molecular complexity index is 1190. The van der Waals surface area contributed by atoms with Gasteiger partial charge in [0.15, 0.2) is 11.0 Å². The van der Waals surface area contributed by atoms with Gasteiger partial charge in [-0.2, -0.15) is 0 Å². The fourth-order valence-electron chi connectivity index (χ4n) is 3.62. The Labute approximate surface area is 225 Å². The largest absolute Gasteiger partial charge is 0.342 e. The molecule has 0 bridgehead atoms. The van der Waals surface area contributed by atoms with Gasteiger partial charge in [0.05, 0.1) is 11.8 Å². The lowest BCUT2D eigenvalue weighted by molar-refractivity contribution is -0.113. The number of aryl methyl sites for hydroxylation is 1. The maximum absolute atomic E-state index is 12.8. The van der Waals surface area contributed by atoms with Crippen molar-refractivity contribution in [3.63, 3.8) is 0 Å². The van der Waals surface area contributed by atoms with Gasteiger partial charge >= 0.3 is 0 Å². The molecule has 0 fully saturated rings. The molecular formula is C26H32IN5O2S. The van der Waals surface area contributed by atoms with Crippen molar-refractivity contribution in [2.45, 2.75) is 51.7 Å². The van der Waals surface area contributed by atoms with Crippen LogP contribution in [0.4, 0.5) is 5.69 Å². The first-order chi connectivity index (χ1) is 16.6. The van der Waals surface area contributed by atoms with Gasteiger partial charge < -0.3 is 15.2 Å². The van der Waals surface area contributed by atoms with Crippen LogP contribution in [0, 0.1) is 16.4 Å². The summed E-state index contributed by atoms with van der Waals surface area (Å²) < 4.78 is 2.99. The molecule has 2 aromatic carbocycles. The number of carbonyl (C=O) groups excluding carboxylic acids is 2. The van der Waals surface area contributed by atoms with Gasteiger partial charge in [-0.15, -0.1) is 10.2 Å². The molecule has 0 radical (unpaired) electrons. The van der Waals surface area contributed by atoms with Gasteiger partial charge in [-0.1, -0.05) is 57.2 Å². The van der Waals surface area contributed by atoms with E-state index in [4.69, 9.17) is 0 Å². The van der Waals surface area contributed by atoms with Gasteiger partial charge in [-0.05, 0) is 77.2 Å². The highest BCUT2D eigenvalue weighted by molar-refractivity contribution is 14.1. The summed E-state index contributed by atoms with van der Waals surface area (Å²) >= 11 is 3.60. The monoisotopic (exact) mass is 605 g/mol. The predicted molar refractivity (Wildman–Crippen MR) is 150 cm³/mol. The van der Waals surface area contributed by atoms with Crippen LogP contribution in [0.2, 0.25) is 0 Å². The van der Waals surface area contributed by atoms with Crippen molar-refractivity contribution in [2.75, 3.05) is 11.1 Å². The standard InChI is InChI=1S/C26H32IN5O2S/c1-15(2)20-13-19(27)11-12-21(20)28-22(33)14-35-26-31-30-24(32(26)6)23(16(3)4)29-25(34)18-9-7-17(5)8-10-18/h7-13,15-16,23H,14H2,1-6H3,(H,28,33)(H,29,34)/t23-/m1/s1. The molecule has 3 aromatic rings. The summed E-state index contributed by atoms with van der Waals surface area (Å²) in [5, 5.41) is 15.4. The van der Waals surface area contributed by atoms with Gasteiger partial charge in [0.1, 0.15) is 0 Å². The molecule has 1 heterocycles. The summed E-state index contributed by atoms with van der Waals surface area (Å²) in [4.78, 5) is 25.5. The average molecular weight is 606 g/mol. The van der Waals surface area contributed by atoms with Crippen LogP contribution in [0.1, 0.15) is 67.0 Å². The highest BCUT2D eigenvalue weighted by atomic mass is 127. The number of rotatable bonds is 9. The smallest absolute Gasteiger partial charge is 0.251 e. The van der Waals surface area contributed by atoms with Gasteiger partial charge in [0, 0.05) is 21.9 Å². The molecule has 1 aromatic heterocycles. The molecule has 9 heteroatoms. The molecule has 2 N–H and O–H groups in total. The molecule has 1 atom stereocenters. The second-order valence-electron chi connectivity index (χ2n) is 9.18. The van der Waals surface area contributed by atoms with Crippen molar-refractivity contribution in [1.82, 2.24) is 20.1 Å². The Morgan fingerprint density at radius 3 is 2.37 bits per heavy atom. The third-order valence-corrected chi connectivity index (χ3v) is 7.35. The molecule has 0 spiro atoms. The SMILES string of the molecule is Cc1ccc(C(=O)N[C@@H](c2nnc(SCC(=O)Nc3ccc(I)cc3C(C)C)n2C)C(C)C)cc1. The van der Waals surface area contributed by atoms with Gasteiger partial charge in [-0.25, -0.2) is 0 Å². The number of carbonyl (C=O) groups is 2. The summed E-state index contributed by atoms with van der Waals surface area (Å²) in [7, 11) is 1.86. The molecule has 0 unspecified atom stereocenters. The molecule has 0 aliphatic heterocycles. The number of nitrogens with one attached hydrogen (secondary N) is 2. The van der Waals surface area contributed by atoms with Crippen LogP contribution in [0.25, 0.3) is 0 Å². The molecule has 2 amide bonds. The summed E-state index contributed by atoms with van der Waals surface area (Å²) in [5.41, 5.74) is 3.65. The highest BCUT2D eigenvalue weighted by Gasteiger charge is 2.25. The van der Waals surface area contributed by atoms with Crippen LogP contribution in [-0.4, -0.2) is 32.3 Å². The third-order valence-electron chi connectivity index (χ3n) is 5.66. The van der Waals surface area contributed by atoms with Crippen molar-refractivity contribution >= 4 is 51.9 Å². The van der Waals surface area contributed by atoms with E-state index in [1.54, 1.807) is 0 Å². The summed E-state index contributed by atoms with van der Waals surface area (Å²) in [5.74, 6) is 1.01.